The number of rotatable bonds is 3. The van der Waals surface area contributed by atoms with Crippen LogP contribution in [0.4, 0.5) is 11.4 Å². The van der Waals surface area contributed by atoms with Gasteiger partial charge in [0.15, 0.2) is 0 Å². The van der Waals surface area contributed by atoms with Crippen LogP contribution in [0.25, 0.3) is 0 Å². The SMILES string of the molecule is Cn1cc(C=Nc2ccccc2N2CCCC2)cn1. The summed E-state index contributed by atoms with van der Waals surface area (Å²) >= 11 is 0. The monoisotopic (exact) mass is 254 g/mol. The molecule has 1 aliphatic heterocycles. The molecule has 2 heterocycles. The summed E-state index contributed by atoms with van der Waals surface area (Å²) in [5.41, 5.74) is 3.30. The van der Waals surface area contributed by atoms with Crippen LogP contribution < -0.4 is 4.90 Å². The topological polar surface area (TPSA) is 33.4 Å². The summed E-state index contributed by atoms with van der Waals surface area (Å²) in [7, 11) is 1.91. The van der Waals surface area contributed by atoms with Gasteiger partial charge in [-0.2, -0.15) is 5.10 Å². The predicted molar refractivity (Wildman–Crippen MR) is 78.4 cm³/mol. The van der Waals surface area contributed by atoms with Crippen LogP contribution in [0.3, 0.4) is 0 Å². The van der Waals surface area contributed by atoms with E-state index in [1.165, 1.54) is 18.5 Å². The van der Waals surface area contributed by atoms with Crippen molar-refractivity contribution in [3.63, 3.8) is 0 Å². The Hall–Kier alpha value is -2.10. The van der Waals surface area contributed by atoms with Crippen LogP contribution in [0.5, 0.6) is 0 Å². The Morgan fingerprint density at radius 2 is 2.00 bits per heavy atom. The molecule has 1 aromatic carbocycles. The molecule has 2 aromatic rings. The molecule has 1 saturated heterocycles. The molecule has 1 fully saturated rings. The Bertz CT molecular complexity index is 579. The highest BCUT2D eigenvalue weighted by atomic mass is 15.2. The van der Waals surface area contributed by atoms with E-state index in [9.17, 15) is 0 Å². The summed E-state index contributed by atoms with van der Waals surface area (Å²) in [5.74, 6) is 0. The summed E-state index contributed by atoms with van der Waals surface area (Å²) < 4.78 is 1.79. The van der Waals surface area contributed by atoms with Crippen LogP contribution in [-0.4, -0.2) is 29.1 Å². The maximum absolute atomic E-state index is 4.61. The van der Waals surface area contributed by atoms with Gasteiger partial charge in [-0.05, 0) is 25.0 Å². The van der Waals surface area contributed by atoms with Crippen LogP contribution in [-0.2, 0) is 7.05 Å². The number of para-hydroxylation sites is 2. The number of anilines is 1. The highest BCUT2D eigenvalue weighted by Crippen LogP contribution is 2.30. The Morgan fingerprint density at radius 1 is 1.21 bits per heavy atom. The molecule has 0 atom stereocenters. The largest absolute Gasteiger partial charge is 0.370 e. The fraction of sp³-hybridized carbons (Fsp3) is 0.333. The van der Waals surface area contributed by atoms with Gasteiger partial charge in [0.1, 0.15) is 0 Å². The summed E-state index contributed by atoms with van der Waals surface area (Å²) in [6.07, 6.45) is 8.22. The Balaban J connectivity index is 1.85. The summed E-state index contributed by atoms with van der Waals surface area (Å²) in [4.78, 5) is 7.03. The van der Waals surface area contributed by atoms with Crippen molar-refractivity contribution in [3.05, 3.63) is 42.2 Å². The smallest absolute Gasteiger partial charge is 0.0863 e. The van der Waals surface area contributed by atoms with Gasteiger partial charge in [0.2, 0.25) is 0 Å². The maximum atomic E-state index is 4.61. The second-order valence-electron chi connectivity index (χ2n) is 4.89. The van der Waals surface area contributed by atoms with Crippen LogP contribution in [0.1, 0.15) is 18.4 Å². The van der Waals surface area contributed by atoms with Crippen molar-refractivity contribution in [1.29, 1.82) is 0 Å². The van der Waals surface area contributed by atoms with E-state index in [0.29, 0.717) is 0 Å². The first-order chi connectivity index (χ1) is 9.33. The van der Waals surface area contributed by atoms with E-state index in [1.54, 1.807) is 4.68 Å². The van der Waals surface area contributed by atoms with E-state index in [1.807, 2.05) is 31.7 Å². The van der Waals surface area contributed by atoms with Gasteiger partial charge < -0.3 is 4.90 Å². The summed E-state index contributed by atoms with van der Waals surface area (Å²) in [5, 5.41) is 4.14. The number of nitrogens with zero attached hydrogens (tertiary/aromatic N) is 4. The molecule has 0 bridgehead atoms. The molecule has 0 amide bonds. The van der Waals surface area contributed by atoms with Crippen molar-refractivity contribution in [2.45, 2.75) is 12.8 Å². The Kier molecular flexibility index (Phi) is 3.31. The molecule has 1 aliphatic rings. The minimum Gasteiger partial charge on any atom is -0.370 e. The van der Waals surface area contributed by atoms with Crippen molar-refractivity contribution in [1.82, 2.24) is 9.78 Å². The highest BCUT2D eigenvalue weighted by molar-refractivity contribution is 5.83. The maximum Gasteiger partial charge on any atom is 0.0863 e. The lowest BCUT2D eigenvalue weighted by atomic mass is 10.2. The first-order valence-corrected chi connectivity index (χ1v) is 6.69. The standard InChI is InChI=1S/C15H18N4/c1-18-12-13(11-17-18)10-16-14-6-2-3-7-15(14)19-8-4-5-9-19/h2-3,6-7,10-12H,4-5,8-9H2,1H3. The van der Waals surface area contributed by atoms with Crippen LogP contribution in [0.15, 0.2) is 41.7 Å². The third-order valence-corrected chi connectivity index (χ3v) is 3.41. The van der Waals surface area contributed by atoms with Gasteiger partial charge in [0, 0.05) is 38.1 Å². The molecule has 0 aliphatic carbocycles. The Labute approximate surface area is 113 Å². The molecule has 4 nitrogen and oxygen atoms in total. The molecular weight excluding hydrogens is 236 g/mol. The molecule has 0 saturated carbocycles. The number of aliphatic imine (C=N–C) groups is 1. The molecule has 3 rings (SSSR count). The second kappa shape index (κ2) is 5.26. The van der Waals surface area contributed by atoms with Crippen LogP contribution >= 0.6 is 0 Å². The van der Waals surface area contributed by atoms with Gasteiger partial charge in [-0.25, -0.2) is 0 Å². The number of aromatic nitrogens is 2. The van der Waals surface area contributed by atoms with Crippen LogP contribution in [0.2, 0.25) is 0 Å². The van der Waals surface area contributed by atoms with Crippen LogP contribution in [0, 0.1) is 0 Å². The third-order valence-electron chi connectivity index (χ3n) is 3.41. The minimum atomic E-state index is 1.03. The zero-order valence-corrected chi connectivity index (χ0v) is 11.2. The van der Waals surface area contributed by atoms with Crippen molar-refractivity contribution >= 4 is 17.6 Å². The number of hydrogen-bond acceptors (Lipinski definition) is 3. The minimum absolute atomic E-state index is 1.03. The van der Waals surface area contributed by atoms with Crippen molar-refractivity contribution in [3.8, 4) is 0 Å². The molecule has 0 unspecified atom stereocenters. The first kappa shape index (κ1) is 12.0. The van der Waals surface area contributed by atoms with Gasteiger partial charge in [-0.15, -0.1) is 0 Å². The van der Waals surface area contributed by atoms with Gasteiger partial charge in [-0.1, -0.05) is 12.1 Å². The molecule has 0 N–H and O–H groups in total. The first-order valence-electron chi connectivity index (χ1n) is 6.69. The van der Waals surface area contributed by atoms with Gasteiger partial charge >= 0.3 is 0 Å². The normalized spacial score (nSPS) is 15.5. The van der Waals surface area contributed by atoms with E-state index >= 15 is 0 Å². The quantitative estimate of drug-likeness (QED) is 0.789. The number of hydrogen-bond donors (Lipinski definition) is 0. The number of aryl methyl sites for hydroxylation is 1. The second-order valence-corrected chi connectivity index (χ2v) is 4.89. The molecule has 19 heavy (non-hydrogen) atoms. The summed E-state index contributed by atoms with van der Waals surface area (Å²) in [6, 6.07) is 8.34. The predicted octanol–water partition coefficient (Wildman–Crippen LogP) is 2.77. The van der Waals surface area contributed by atoms with E-state index in [0.717, 1.165) is 24.3 Å². The Morgan fingerprint density at radius 3 is 2.74 bits per heavy atom. The van der Waals surface area contributed by atoms with Gasteiger partial charge in [0.25, 0.3) is 0 Å². The van der Waals surface area contributed by atoms with Crippen molar-refractivity contribution in [2.75, 3.05) is 18.0 Å². The third kappa shape index (κ3) is 2.67. The fourth-order valence-electron chi connectivity index (χ4n) is 2.45. The van der Waals surface area contributed by atoms with E-state index in [2.05, 4.69) is 33.2 Å². The molecule has 4 heteroatoms. The average Bonchev–Trinajstić information content (AvgIpc) is 3.08. The van der Waals surface area contributed by atoms with E-state index in [4.69, 9.17) is 0 Å². The summed E-state index contributed by atoms with van der Waals surface area (Å²) in [6.45, 7) is 2.28. The molecule has 0 radical (unpaired) electrons. The zero-order chi connectivity index (χ0) is 13.1. The van der Waals surface area contributed by atoms with Crippen molar-refractivity contribution in [2.24, 2.45) is 12.0 Å². The molecule has 0 spiro atoms. The lowest BCUT2D eigenvalue weighted by Crippen LogP contribution is -2.17. The van der Waals surface area contributed by atoms with E-state index < -0.39 is 0 Å². The number of benzene rings is 1. The van der Waals surface area contributed by atoms with E-state index in [-0.39, 0.29) is 0 Å². The lowest BCUT2D eigenvalue weighted by molar-refractivity contribution is 0.767. The highest BCUT2D eigenvalue weighted by Gasteiger charge is 2.14. The van der Waals surface area contributed by atoms with Gasteiger partial charge in [0.05, 0.1) is 17.6 Å². The fourth-order valence-corrected chi connectivity index (χ4v) is 2.45. The van der Waals surface area contributed by atoms with Gasteiger partial charge in [-0.3, -0.25) is 9.67 Å². The molecule has 1 aromatic heterocycles. The molecule has 98 valence electrons. The zero-order valence-electron chi connectivity index (χ0n) is 11.2. The van der Waals surface area contributed by atoms with Crippen molar-refractivity contribution < 1.29 is 0 Å². The average molecular weight is 254 g/mol. The molecular formula is C15H18N4. The lowest BCUT2D eigenvalue weighted by Gasteiger charge is -2.19.